The number of hydrogen-bond acceptors (Lipinski definition) is 3. The minimum Gasteiger partial charge on any atom is -0.477 e. The van der Waals surface area contributed by atoms with Gasteiger partial charge in [0.2, 0.25) is 0 Å². The standard InChI is InChI=1S/C15H23NO2S/c1-10(12-6-4-3-5-7-12)16-9-13-8-14(15(17)18)19-11(13)2/h8,10,12,16H,3-7,9H2,1-2H3,(H,17,18). The van der Waals surface area contributed by atoms with Gasteiger partial charge in [-0.15, -0.1) is 11.3 Å². The molecular weight excluding hydrogens is 258 g/mol. The van der Waals surface area contributed by atoms with E-state index in [0.717, 1.165) is 22.9 Å². The van der Waals surface area contributed by atoms with Crippen molar-refractivity contribution < 1.29 is 9.90 Å². The van der Waals surface area contributed by atoms with E-state index < -0.39 is 5.97 Å². The Hall–Kier alpha value is -0.870. The van der Waals surface area contributed by atoms with Gasteiger partial charge in [0.1, 0.15) is 4.88 Å². The maximum absolute atomic E-state index is 10.9. The van der Waals surface area contributed by atoms with Crippen LogP contribution in [0.2, 0.25) is 0 Å². The van der Waals surface area contributed by atoms with Crippen molar-refractivity contribution in [2.75, 3.05) is 0 Å². The van der Waals surface area contributed by atoms with Crippen molar-refractivity contribution in [1.82, 2.24) is 5.32 Å². The van der Waals surface area contributed by atoms with Gasteiger partial charge in [-0.05, 0) is 44.2 Å². The number of rotatable bonds is 5. The monoisotopic (exact) mass is 281 g/mol. The van der Waals surface area contributed by atoms with E-state index in [1.807, 2.05) is 13.0 Å². The van der Waals surface area contributed by atoms with Gasteiger partial charge in [0.05, 0.1) is 0 Å². The van der Waals surface area contributed by atoms with Gasteiger partial charge in [0.25, 0.3) is 0 Å². The molecule has 2 rings (SSSR count). The molecule has 2 N–H and O–H groups in total. The van der Waals surface area contributed by atoms with Gasteiger partial charge in [-0.3, -0.25) is 0 Å². The second-order valence-corrected chi connectivity index (χ2v) is 6.82. The van der Waals surface area contributed by atoms with Crippen molar-refractivity contribution in [3.63, 3.8) is 0 Å². The molecule has 1 aliphatic rings. The van der Waals surface area contributed by atoms with Crippen LogP contribution in [0.25, 0.3) is 0 Å². The maximum atomic E-state index is 10.9. The largest absolute Gasteiger partial charge is 0.477 e. The van der Waals surface area contributed by atoms with Crippen molar-refractivity contribution in [3.8, 4) is 0 Å². The lowest BCUT2D eigenvalue weighted by atomic mass is 9.84. The van der Waals surface area contributed by atoms with E-state index in [4.69, 9.17) is 5.11 Å². The molecule has 0 aromatic carbocycles. The Labute approximate surface area is 119 Å². The van der Waals surface area contributed by atoms with Gasteiger partial charge in [-0.2, -0.15) is 0 Å². The molecule has 0 bridgehead atoms. The summed E-state index contributed by atoms with van der Waals surface area (Å²) in [6.45, 7) is 5.04. The number of carboxylic acid groups (broad SMARTS) is 1. The van der Waals surface area contributed by atoms with E-state index in [-0.39, 0.29) is 0 Å². The van der Waals surface area contributed by atoms with Crippen LogP contribution in [-0.2, 0) is 6.54 Å². The summed E-state index contributed by atoms with van der Waals surface area (Å²) in [5.74, 6) is -0.0358. The molecule has 1 aromatic heterocycles. The van der Waals surface area contributed by atoms with Crippen LogP contribution in [0.3, 0.4) is 0 Å². The first-order valence-electron chi connectivity index (χ1n) is 7.14. The van der Waals surface area contributed by atoms with Crippen LogP contribution in [0.15, 0.2) is 6.07 Å². The average molecular weight is 281 g/mol. The van der Waals surface area contributed by atoms with E-state index in [0.29, 0.717) is 10.9 Å². The van der Waals surface area contributed by atoms with E-state index in [1.54, 1.807) is 0 Å². The summed E-state index contributed by atoms with van der Waals surface area (Å²) >= 11 is 1.37. The van der Waals surface area contributed by atoms with Gasteiger partial charge in [-0.1, -0.05) is 19.3 Å². The molecule has 1 aliphatic carbocycles. The smallest absolute Gasteiger partial charge is 0.345 e. The highest BCUT2D eigenvalue weighted by Crippen LogP contribution is 2.27. The number of carboxylic acids is 1. The Kier molecular flexibility index (Phi) is 4.99. The van der Waals surface area contributed by atoms with E-state index in [2.05, 4.69) is 12.2 Å². The minimum absolute atomic E-state index is 0.444. The number of thiophene rings is 1. The van der Waals surface area contributed by atoms with Crippen molar-refractivity contribution in [3.05, 3.63) is 21.4 Å². The topological polar surface area (TPSA) is 49.3 Å². The molecule has 4 heteroatoms. The number of aryl methyl sites for hydroxylation is 1. The van der Waals surface area contributed by atoms with Crippen LogP contribution >= 0.6 is 11.3 Å². The fourth-order valence-corrected chi connectivity index (χ4v) is 3.75. The second-order valence-electron chi connectivity index (χ2n) is 5.56. The molecule has 1 fully saturated rings. The zero-order valence-electron chi connectivity index (χ0n) is 11.7. The predicted molar refractivity (Wildman–Crippen MR) is 78.9 cm³/mol. The zero-order valence-corrected chi connectivity index (χ0v) is 12.6. The summed E-state index contributed by atoms with van der Waals surface area (Å²) in [6, 6.07) is 2.33. The van der Waals surface area contributed by atoms with Crippen LogP contribution in [0.5, 0.6) is 0 Å². The summed E-state index contributed by atoms with van der Waals surface area (Å²) in [4.78, 5) is 12.5. The average Bonchev–Trinajstić information content (AvgIpc) is 2.79. The minimum atomic E-state index is -0.820. The van der Waals surface area contributed by atoms with Crippen LogP contribution in [-0.4, -0.2) is 17.1 Å². The third-order valence-corrected chi connectivity index (χ3v) is 5.28. The van der Waals surface area contributed by atoms with Crippen molar-refractivity contribution in [2.45, 2.75) is 58.5 Å². The Morgan fingerprint density at radius 3 is 2.74 bits per heavy atom. The summed E-state index contributed by atoms with van der Waals surface area (Å²) in [6.07, 6.45) is 6.76. The first-order valence-corrected chi connectivity index (χ1v) is 7.95. The Bertz CT molecular complexity index is 435. The van der Waals surface area contributed by atoms with E-state index in [1.165, 1.54) is 43.4 Å². The quantitative estimate of drug-likeness (QED) is 0.862. The molecule has 0 saturated heterocycles. The summed E-state index contributed by atoms with van der Waals surface area (Å²) in [5, 5.41) is 12.6. The molecule has 0 spiro atoms. The van der Waals surface area contributed by atoms with Crippen LogP contribution in [0, 0.1) is 12.8 Å². The molecule has 1 heterocycles. The van der Waals surface area contributed by atoms with Gasteiger partial charge < -0.3 is 10.4 Å². The van der Waals surface area contributed by atoms with Crippen LogP contribution in [0.4, 0.5) is 0 Å². The molecule has 1 aromatic rings. The summed E-state index contributed by atoms with van der Waals surface area (Å²) in [7, 11) is 0. The van der Waals surface area contributed by atoms with Crippen molar-refractivity contribution in [1.29, 1.82) is 0 Å². The van der Waals surface area contributed by atoms with E-state index in [9.17, 15) is 4.79 Å². The van der Waals surface area contributed by atoms with Gasteiger partial charge in [0.15, 0.2) is 0 Å². The maximum Gasteiger partial charge on any atom is 0.345 e. The molecule has 3 nitrogen and oxygen atoms in total. The third kappa shape index (κ3) is 3.80. The van der Waals surface area contributed by atoms with E-state index >= 15 is 0 Å². The third-order valence-electron chi connectivity index (χ3n) is 4.20. The molecule has 106 valence electrons. The molecule has 19 heavy (non-hydrogen) atoms. The molecule has 0 aliphatic heterocycles. The highest BCUT2D eigenvalue weighted by molar-refractivity contribution is 7.14. The molecule has 0 radical (unpaired) electrons. The fraction of sp³-hybridized carbons (Fsp3) is 0.667. The lowest BCUT2D eigenvalue weighted by Crippen LogP contribution is -2.34. The Morgan fingerprint density at radius 2 is 2.16 bits per heavy atom. The molecule has 0 amide bonds. The molecule has 1 atom stereocenters. The number of hydrogen-bond donors (Lipinski definition) is 2. The molecule has 1 unspecified atom stereocenters. The van der Waals surface area contributed by atoms with Crippen LogP contribution in [0.1, 0.15) is 59.1 Å². The molecular formula is C15H23NO2S. The van der Waals surface area contributed by atoms with Crippen LogP contribution < -0.4 is 5.32 Å². The summed E-state index contributed by atoms with van der Waals surface area (Å²) < 4.78 is 0. The lowest BCUT2D eigenvalue weighted by molar-refractivity contribution is 0.0702. The predicted octanol–water partition coefficient (Wildman–Crippen LogP) is 3.81. The van der Waals surface area contributed by atoms with Crippen molar-refractivity contribution in [2.24, 2.45) is 5.92 Å². The SMILES string of the molecule is Cc1sc(C(=O)O)cc1CNC(C)C1CCCCC1. The Balaban J connectivity index is 1.89. The van der Waals surface area contributed by atoms with Gasteiger partial charge in [-0.25, -0.2) is 4.79 Å². The molecule has 1 saturated carbocycles. The first kappa shape index (κ1) is 14.5. The number of carbonyl (C=O) groups is 1. The van der Waals surface area contributed by atoms with Gasteiger partial charge >= 0.3 is 5.97 Å². The fourth-order valence-electron chi connectivity index (χ4n) is 2.87. The zero-order chi connectivity index (χ0) is 13.8. The Morgan fingerprint density at radius 1 is 1.47 bits per heavy atom. The number of aromatic carboxylic acids is 1. The number of nitrogens with one attached hydrogen (secondary N) is 1. The second kappa shape index (κ2) is 6.53. The highest BCUT2D eigenvalue weighted by Gasteiger charge is 2.20. The van der Waals surface area contributed by atoms with Gasteiger partial charge in [0, 0.05) is 17.5 Å². The first-order chi connectivity index (χ1) is 9.08. The highest BCUT2D eigenvalue weighted by atomic mass is 32.1. The summed E-state index contributed by atoms with van der Waals surface area (Å²) in [5.41, 5.74) is 1.13. The van der Waals surface area contributed by atoms with Crippen molar-refractivity contribution >= 4 is 17.3 Å². The lowest BCUT2D eigenvalue weighted by Gasteiger charge is -2.28. The normalized spacial score (nSPS) is 18.4.